The largest absolute Gasteiger partial charge is 0.473 e. The maximum atomic E-state index is 12.2. The van der Waals surface area contributed by atoms with Gasteiger partial charge in [-0.05, 0) is 12.8 Å². The first-order valence-electron chi connectivity index (χ1n) is 8.10. The van der Waals surface area contributed by atoms with E-state index in [0.29, 0.717) is 31.5 Å². The van der Waals surface area contributed by atoms with E-state index >= 15 is 0 Å². The van der Waals surface area contributed by atoms with Crippen LogP contribution in [-0.4, -0.2) is 52.2 Å². The second-order valence-electron chi connectivity index (χ2n) is 6.63. The van der Waals surface area contributed by atoms with Crippen molar-refractivity contribution in [2.75, 3.05) is 19.7 Å². The van der Waals surface area contributed by atoms with E-state index in [9.17, 15) is 4.79 Å². The van der Waals surface area contributed by atoms with Crippen LogP contribution in [0.3, 0.4) is 0 Å². The van der Waals surface area contributed by atoms with Gasteiger partial charge in [0.05, 0.1) is 25.9 Å². The van der Waals surface area contributed by atoms with E-state index in [1.165, 1.54) is 6.42 Å². The number of amides is 1. The molecule has 1 unspecified atom stereocenters. The molecule has 1 saturated carbocycles. The van der Waals surface area contributed by atoms with Gasteiger partial charge in [-0.1, -0.05) is 6.42 Å². The van der Waals surface area contributed by atoms with Gasteiger partial charge in [0.15, 0.2) is 0 Å². The summed E-state index contributed by atoms with van der Waals surface area (Å²) in [7, 11) is 0. The molecule has 118 valence electrons. The van der Waals surface area contributed by atoms with Crippen LogP contribution in [0.4, 0.5) is 0 Å². The van der Waals surface area contributed by atoms with E-state index in [1.54, 1.807) is 18.6 Å². The highest BCUT2D eigenvalue weighted by Crippen LogP contribution is 2.38. The Labute approximate surface area is 129 Å². The Kier molecular flexibility index (Phi) is 3.48. The molecule has 2 saturated heterocycles. The number of hydrogen-bond acceptors (Lipinski definition) is 5. The SMILES string of the molecule is O=C(C1CCC1)N1CC2(CC(Oc3cnccn3)CCO2)C1. The van der Waals surface area contributed by atoms with Gasteiger partial charge in [-0.25, -0.2) is 4.98 Å². The molecular formula is C16H21N3O3. The molecule has 0 radical (unpaired) electrons. The van der Waals surface area contributed by atoms with Gasteiger partial charge in [0, 0.05) is 31.2 Å². The van der Waals surface area contributed by atoms with E-state index in [2.05, 4.69) is 9.97 Å². The fraction of sp³-hybridized carbons (Fsp3) is 0.688. The second kappa shape index (κ2) is 5.50. The predicted octanol–water partition coefficient (Wildman–Crippen LogP) is 1.42. The molecular weight excluding hydrogens is 282 g/mol. The summed E-state index contributed by atoms with van der Waals surface area (Å²) in [6, 6.07) is 0. The third-order valence-corrected chi connectivity index (χ3v) is 5.00. The number of hydrogen-bond donors (Lipinski definition) is 0. The van der Waals surface area contributed by atoms with Crippen molar-refractivity contribution in [1.29, 1.82) is 0 Å². The van der Waals surface area contributed by atoms with Crippen molar-refractivity contribution in [2.24, 2.45) is 5.92 Å². The minimum atomic E-state index is -0.204. The van der Waals surface area contributed by atoms with Crippen molar-refractivity contribution in [3.8, 4) is 5.88 Å². The first-order chi connectivity index (χ1) is 10.7. The lowest BCUT2D eigenvalue weighted by atomic mass is 9.80. The number of ether oxygens (including phenoxy) is 2. The molecule has 0 aromatic carbocycles. The molecule has 1 spiro atoms. The molecule has 4 rings (SSSR count). The summed E-state index contributed by atoms with van der Waals surface area (Å²) in [5, 5.41) is 0. The monoisotopic (exact) mass is 303 g/mol. The standard InChI is InChI=1S/C16H21N3O3/c20-15(12-2-1-3-12)19-10-16(11-19)8-13(4-7-21-16)22-14-9-17-5-6-18-14/h5-6,9,12-13H,1-4,7-8,10-11H2. The van der Waals surface area contributed by atoms with Gasteiger partial charge in [-0.2, -0.15) is 0 Å². The van der Waals surface area contributed by atoms with Crippen LogP contribution in [0.25, 0.3) is 0 Å². The third-order valence-electron chi connectivity index (χ3n) is 5.00. The molecule has 1 atom stereocenters. The Morgan fingerprint density at radius 1 is 1.32 bits per heavy atom. The molecule has 1 aromatic rings. The summed E-state index contributed by atoms with van der Waals surface area (Å²) in [4.78, 5) is 22.4. The normalized spacial score (nSPS) is 27.1. The number of carbonyl (C=O) groups is 1. The molecule has 3 heterocycles. The molecule has 2 aliphatic heterocycles. The van der Waals surface area contributed by atoms with Crippen LogP contribution in [0.1, 0.15) is 32.1 Å². The first-order valence-corrected chi connectivity index (χ1v) is 8.10. The molecule has 1 amide bonds. The van der Waals surface area contributed by atoms with Gasteiger partial charge in [-0.15, -0.1) is 0 Å². The summed E-state index contributed by atoms with van der Waals surface area (Å²) < 4.78 is 11.9. The highest BCUT2D eigenvalue weighted by Gasteiger charge is 2.51. The quantitative estimate of drug-likeness (QED) is 0.845. The Hall–Kier alpha value is -1.69. The maximum Gasteiger partial charge on any atom is 0.232 e. The van der Waals surface area contributed by atoms with E-state index in [-0.39, 0.29) is 17.6 Å². The summed E-state index contributed by atoms with van der Waals surface area (Å²) in [5.74, 6) is 1.15. The maximum absolute atomic E-state index is 12.2. The van der Waals surface area contributed by atoms with E-state index in [0.717, 1.165) is 25.7 Å². The third kappa shape index (κ3) is 2.56. The molecule has 0 N–H and O–H groups in total. The molecule has 22 heavy (non-hydrogen) atoms. The van der Waals surface area contributed by atoms with Crippen LogP contribution in [0.5, 0.6) is 5.88 Å². The highest BCUT2D eigenvalue weighted by atomic mass is 16.5. The lowest BCUT2D eigenvalue weighted by Gasteiger charge is -2.54. The minimum Gasteiger partial charge on any atom is -0.473 e. The van der Waals surface area contributed by atoms with Crippen molar-refractivity contribution >= 4 is 5.91 Å². The lowest BCUT2D eigenvalue weighted by Crippen LogP contribution is -2.68. The Bertz CT molecular complexity index is 541. The summed E-state index contributed by atoms with van der Waals surface area (Å²) in [5.41, 5.74) is -0.204. The number of rotatable bonds is 3. The van der Waals surface area contributed by atoms with Crippen LogP contribution in [0, 0.1) is 5.92 Å². The molecule has 1 aromatic heterocycles. The van der Waals surface area contributed by atoms with Crippen molar-refractivity contribution in [3.05, 3.63) is 18.6 Å². The number of aromatic nitrogens is 2. The fourth-order valence-corrected chi connectivity index (χ4v) is 3.54. The fourth-order valence-electron chi connectivity index (χ4n) is 3.54. The van der Waals surface area contributed by atoms with Crippen LogP contribution in [-0.2, 0) is 9.53 Å². The second-order valence-corrected chi connectivity index (χ2v) is 6.63. The van der Waals surface area contributed by atoms with Gasteiger partial charge in [-0.3, -0.25) is 9.78 Å². The van der Waals surface area contributed by atoms with Crippen LogP contribution < -0.4 is 4.74 Å². The number of carbonyl (C=O) groups excluding carboxylic acids is 1. The van der Waals surface area contributed by atoms with Gasteiger partial charge in [0.25, 0.3) is 0 Å². The molecule has 0 bridgehead atoms. The lowest BCUT2D eigenvalue weighted by molar-refractivity contribution is -0.197. The average Bonchev–Trinajstić information content (AvgIpc) is 2.44. The van der Waals surface area contributed by atoms with Crippen molar-refractivity contribution in [1.82, 2.24) is 14.9 Å². The van der Waals surface area contributed by atoms with Gasteiger partial charge >= 0.3 is 0 Å². The summed E-state index contributed by atoms with van der Waals surface area (Å²) in [6.07, 6.45) is 9.97. The molecule has 3 fully saturated rings. The average molecular weight is 303 g/mol. The number of likely N-dealkylation sites (tertiary alicyclic amines) is 1. The number of nitrogens with zero attached hydrogens (tertiary/aromatic N) is 3. The molecule has 6 heteroatoms. The van der Waals surface area contributed by atoms with E-state index < -0.39 is 0 Å². The molecule has 6 nitrogen and oxygen atoms in total. The summed E-state index contributed by atoms with van der Waals surface area (Å²) in [6.45, 7) is 2.10. The zero-order valence-electron chi connectivity index (χ0n) is 12.6. The summed E-state index contributed by atoms with van der Waals surface area (Å²) >= 11 is 0. The van der Waals surface area contributed by atoms with Gasteiger partial charge in [0.1, 0.15) is 11.7 Å². The van der Waals surface area contributed by atoms with Crippen molar-refractivity contribution in [2.45, 2.75) is 43.8 Å². The predicted molar refractivity (Wildman–Crippen MR) is 78.3 cm³/mol. The van der Waals surface area contributed by atoms with Crippen LogP contribution >= 0.6 is 0 Å². The van der Waals surface area contributed by atoms with E-state index in [4.69, 9.17) is 9.47 Å². The van der Waals surface area contributed by atoms with Crippen LogP contribution in [0.2, 0.25) is 0 Å². The zero-order chi connectivity index (χ0) is 15.0. The Morgan fingerprint density at radius 3 is 2.86 bits per heavy atom. The Balaban J connectivity index is 1.33. The first kappa shape index (κ1) is 13.9. The Morgan fingerprint density at radius 2 is 2.18 bits per heavy atom. The van der Waals surface area contributed by atoms with Gasteiger partial charge in [0.2, 0.25) is 11.8 Å². The van der Waals surface area contributed by atoms with Crippen molar-refractivity contribution in [3.63, 3.8) is 0 Å². The van der Waals surface area contributed by atoms with Gasteiger partial charge < -0.3 is 14.4 Å². The zero-order valence-corrected chi connectivity index (χ0v) is 12.6. The smallest absolute Gasteiger partial charge is 0.232 e. The molecule has 1 aliphatic carbocycles. The minimum absolute atomic E-state index is 0.0893. The van der Waals surface area contributed by atoms with Crippen molar-refractivity contribution < 1.29 is 14.3 Å². The molecule has 3 aliphatic rings. The van der Waals surface area contributed by atoms with E-state index in [1.807, 2.05) is 4.90 Å². The highest BCUT2D eigenvalue weighted by molar-refractivity contribution is 5.80. The van der Waals surface area contributed by atoms with Crippen LogP contribution in [0.15, 0.2) is 18.6 Å². The topological polar surface area (TPSA) is 64.6 Å².